The summed E-state index contributed by atoms with van der Waals surface area (Å²) >= 11 is 0. The number of hydrogen-bond acceptors (Lipinski definition) is 2. The SMILES string of the molecule is [C]OCCCN(C)C. The quantitative estimate of drug-likeness (QED) is 0.493. The van der Waals surface area contributed by atoms with Gasteiger partial charge >= 0.3 is 0 Å². The Morgan fingerprint density at radius 3 is 2.50 bits per heavy atom. The monoisotopic (exact) mass is 114 g/mol. The molecular formula is C6H12NO. The molecule has 0 saturated carbocycles. The minimum absolute atomic E-state index is 0.540. The van der Waals surface area contributed by atoms with Gasteiger partial charge in [-0.15, -0.1) is 0 Å². The van der Waals surface area contributed by atoms with Gasteiger partial charge in [-0.25, -0.2) is 0 Å². The van der Waals surface area contributed by atoms with Crippen molar-refractivity contribution in [3.63, 3.8) is 0 Å². The van der Waals surface area contributed by atoms with Crippen LogP contribution >= 0.6 is 0 Å². The van der Waals surface area contributed by atoms with Gasteiger partial charge in [0, 0.05) is 6.61 Å². The van der Waals surface area contributed by atoms with E-state index in [9.17, 15) is 0 Å². The second kappa shape index (κ2) is 5.06. The summed E-state index contributed by atoms with van der Waals surface area (Å²) in [6.07, 6.45) is 0.941. The predicted molar refractivity (Wildman–Crippen MR) is 32.4 cm³/mol. The smallest absolute Gasteiger partial charge is 0.173 e. The molecule has 0 aliphatic carbocycles. The maximum absolute atomic E-state index is 6.33. The van der Waals surface area contributed by atoms with E-state index in [2.05, 4.69) is 9.64 Å². The highest BCUT2D eigenvalue weighted by atomic mass is 16.5. The molecule has 0 rings (SSSR count). The lowest BCUT2D eigenvalue weighted by Gasteiger charge is -2.06. The van der Waals surface area contributed by atoms with Gasteiger partial charge in [0.05, 0.1) is 0 Å². The summed E-state index contributed by atoms with van der Waals surface area (Å²) in [4.78, 5) is 2.07. The van der Waals surface area contributed by atoms with Crippen LogP contribution < -0.4 is 0 Å². The third-order valence-electron chi connectivity index (χ3n) is 0.852. The Morgan fingerprint density at radius 1 is 1.50 bits per heavy atom. The van der Waals surface area contributed by atoms with Crippen LogP contribution in [0.5, 0.6) is 0 Å². The van der Waals surface area contributed by atoms with E-state index in [1.165, 1.54) is 0 Å². The zero-order valence-corrected chi connectivity index (χ0v) is 5.48. The van der Waals surface area contributed by atoms with Gasteiger partial charge < -0.3 is 9.64 Å². The number of hydrogen-bond donors (Lipinski definition) is 0. The van der Waals surface area contributed by atoms with Crippen molar-refractivity contribution in [2.24, 2.45) is 0 Å². The van der Waals surface area contributed by atoms with E-state index in [0.717, 1.165) is 13.0 Å². The average Bonchev–Trinajstić information content (AvgIpc) is 1.66. The van der Waals surface area contributed by atoms with Gasteiger partial charge in [-0.05, 0) is 27.1 Å². The van der Waals surface area contributed by atoms with Crippen LogP contribution in [0.3, 0.4) is 0 Å². The van der Waals surface area contributed by atoms with Crippen molar-refractivity contribution < 1.29 is 4.74 Å². The molecule has 0 aromatic carbocycles. The fourth-order valence-electron chi connectivity index (χ4n) is 0.453. The first-order valence-electron chi connectivity index (χ1n) is 2.70. The standard InChI is InChI=1S/C6H12NO/c1-7(2)5-4-6-8-3/h4-6H2,1-2H3. The van der Waals surface area contributed by atoms with E-state index in [1.807, 2.05) is 14.1 Å². The third kappa shape index (κ3) is 5.92. The molecule has 0 saturated heterocycles. The minimum Gasteiger partial charge on any atom is -0.365 e. The summed E-state index contributed by atoms with van der Waals surface area (Å²) in [5.41, 5.74) is 0. The van der Waals surface area contributed by atoms with Crippen LogP contribution in [0.1, 0.15) is 6.42 Å². The highest BCUT2D eigenvalue weighted by molar-refractivity contribution is 4.41. The molecule has 0 aliphatic rings. The highest BCUT2D eigenvalue weighted by Crippen LogP contribution is 1.82. The molecule has 0 aromatic heterocycles. The van der Waals surface area contributed by atoms with Gasteiger partial charge in [0.25, 0.3) is 0 Å². The van der Waals surface area contributed by atoms with Crippen LogP contribution in [0.15, 0.2) is 0 Å². The number of rotatable bonds is 4. The molecule has 0 atom stereocenters. The van der Waals surface area contributed by atoms with E-state index < -0.39 is 0 Å². The molecule has 0 fully saturated rings. The van der Waals surface area contributed by atoms with E-state index in [4.69, 9.17) is 7.11 Å². The van der Waals surface area contributed by atoms with E-state index in [1.54, 1.807) is 0 Å². The summed E-state index contributed by atoms with van der Waals surface area (Å²) in [6.45, 7) is 1.54. The molecule has 2 heteroatoms. The molecule has 2 nitrogen and oxygen atoms in total. The Balaban J connectivity index is 2.72. The summed E-state index contributed by atoms with van der Waals surface area (Å²) in [6, 6.07) is 0. The summed E-state index contributed by atoms with van der Waals surface area (Å²) in [7, 11) is 10.3. The zero-order valence-electron chi connectivity index (χ0n) is 5.48. The lowest BCUT2D eigenvalue weighted by Crippen LogP contribution is -2.14. The van der Waals surface area contributed by atoms with Crippen molar-refractivity contribution in [2.45, 2.75) is 6.42 Å². The summed E-state index contributed by atoms with van der Waals surface area (Å²) < 4.78 is 4.12. The molecule has 0 heterocycles. The summed E-state index contributed by atoms with van der Waals surface area (Å²) in [5, 5.41) is 0. The van der Waals surface area contributed by atoms with Crippen molar-refractivity contribution >= 4 is 0 Å². The second-order valence-electron chi connectivity index (χ2n) is 2.01. The third-order valence-corrected chi connectivity index (χ3v) is 0.852. The molecule has 0 aliphatic heterocycles. The molecule has 0 unspecified atom stereocenters. The molecule has 47 valence electrons. The Hall–Kier alpha value is -0.0800. The highest BCUT2D eigenvalue weighted by Gasteiger charge is 1.87. The van der Waals surface area contributed by atoms with Crippen LogP contribution in [-0.2, 0) is 4.74 Å². The van der Waals surface area contributed by atoms with Crippen LogP contribution in [0.4, 0.5) is 0 Å². The second-order valence-corrected chi connectivity index (χ2v) is 2.01. The molecule has 0 N–H and O–H groups in total. The molecule has 8 heavy (non-hydrogen) atoms. The number of ether oxygens (including phenoxy) is 1. The molecular weight excluding hydrogens is 102 g/mol. The lowest BCUT2D eigenvalue weighted by molar-refractivity contribution is 0.222. The van der Waals surface area contributed by atoms with Gasteiger partial charge in [0.1, 0.15) is 0 Å². The maximum Gasteiger partial charge on any atom is 0.173 e. The van der Waals surface area contributed by atoms with Gasteiger partial charge in [-0.2, -0.15) is 0 Å². The average molecular weight is 114 g/mol. The van der Waals surface area contributed by atoms with Crippen molar-refractivity contribution in [3.8, 4) is 0 Å². The first-order valence-corrected chi connectivity index (χ1v) is 2.70. The molecule has 0 amide bonds. The van der Waals surface area contributed by atoms with E-state index in [0.29, 0.717) is 6.61 Å². The Morgan fingerprint density at radius 2 is 2.12 bits per heavy atom. The van der Waals surface area contributed by atoms with Crippen LogP contribution in [0.25, 0.3) is 0 Å². The van der Waals surface area contributed by atoms with E-state index >= 15 is 0 Å². The van der Waals surface area contributed by atoms with E-state index in [-0.39, 0.29) is 0 Å². The van der Waals surface area contributed by atoms with Gasteiger partial charge in [0.15, 0.2) is 7.11 Å². The Kier molecular flexibility index (Phi) is 5.01. The number of nitrogens with zero attached hydrogens (tertiary/aromatic N) is 1. The summed E-state index contributed by atoms with van der Waals surface area (Å²) in [5.74, 6) is 0. The molecule has 0 aromatic rings. The van der Waals surface area contributed by atoms with Crippen molar-refractivity contribution in [3.05, 3.63) is 7.11 Å². The van der Waals surface area contributed by atoms with Crippen LogP contribution in [0, 0.1) is 7.11 Å². The van der Waals surface area contributed by atoms with Crippen LogP contribution in [0.2, 0.25) is 0 Å². The van der Waals surface area contributed by atoms with Gasteiger partial charge in [-0.3, -0.25) is 0 Å². The minimum atomic E-state index is 0.540. The Bertz CT molecular complexity index is 45.8. The maximum atomic E-state index is 6.33. The normalized spacial score (nSPS) is 10.5. The van der Waals surface area contributed by atoms with Gasteiger partial charge in [0.2, 0.25) is 0 Å². The Labute approximate surface area is 51.4 Å². The lowest BCUT2D eigenvalue weighted by atomic mass is 10.4. The largest absolute Gasteiger partial charge is 0.365 e. The zero-order chi connectivity index (χ0) is 6.41. The fraction of sp³-hybridized carbons (Fsp3) is 0.833. The fourth-order valence-corrected chi connectivity index (χ4v) is 0.453. The first kappa shape index (κ1) is 7.92. The molecule has 3 radical (unpaired) electrons. The van der Waals surface area contributed by atoms with Crippen molar-refractivity contribution in [1.82, 2.24) is 4.90 Å². The van der Waals surface area contributed by atoms with Gasteiger partial charge in [-0.1, -0.05) is 0 Å². The molecule has 0 spiro atoms. The van der Waals surface area contributed by atoms with Crippen molar-refractivity contribution in [2.75, 3.05) is 27.2 Å². The first-order chi connectivity index (χ1) is 3.77. The topological polar surface area (TPSA) is 12.5 Å². The predicted octanol–water partition coefficient (Wildman–Crippen LogP) is 0.500. The van der Waals surface area contributed by atoms with Crippen molar-refractivity contribution in [1.29, 1.82) is 0 Å². The molecule has 0 bridgehead atoms. The van der Waals surface area contributed by atoms with Crippen LogP contribution in [-0.4, -0.2) is 32.1 Å².